The Labute approximate surface area is 143 Å². The predicted molar refractivity (Wildman–Crippen MR) is 98.2 cm³/mol. The van der Waals surface area contributed by atoms with Gasteiger partial charge in [0.1, 0.15) is 0 Å². The molecule has 120 valence electrons. The monoisotopic (exact) mass is 327 g/mol. The Hall–Kier alpha value is -2.06. The molecule has 1 atom stereocenters. The van der Waals surface area contributed by atoms with Gasteiger partial charge in [-0.25, -0.2) is 0 Å². The molecule has 0 heterocycles. The van der Waals surface area contributed by atoms with Crippen LogP contribution in [0.1, 0.15) is 31.9 Å². The maximum atomic E-state index is 12.8. The van der Waals surface area contributed by atoms with Crippen molar-refractivity contribution in [3.05, 3.63) is 70.7 Å². The predicted octanol–water partition coefficient (Wildman–Crippen LogP) is 5.04. The summed E-state index contributed by atoms with van der Waals surface area (Å²) in [4.78, 5) is 12.8. The molecule has 2 nitrogen and oxygen atoms in total. The van der Waals surface area contributed by atoms with Crippen molar-refractivity contribution < 1.29 is 4.79 Å². The van der Waals surface area contributed by atoms with Crippen LogP contribution in [0, 0.1) is 5.92 Å². The molecular weight excluding hydrogens is 306 g/mol. The average molecular weight is 328 g/mol. The lowest BCUT2D eigenvalue weighted by atomic mass is 10.00. The molecule has 0 saturated carbocycles. The number of nitrogens with one attached hydrogen (secondary N) is 1. The van der Waals surface area contributed by atoms with Gasteiger partial charge in [-0.2, -0.15) is 0 Å². The second-order valence-electron chi connectivity index (χ2n) is 5.95. The zero-order chi connectivity index (χ0) is 16.8. The molecule has 0 aliphatic rings. The van der Waals surface area contributed by atoms with E-state index in [9.17, 15) is 4.79 Å². The third kappa shape index (κ3) is 4.70. The summed E-state index contributed by atoms with van der Waals surface area (Å²) in [5.74, 6) is 0.286. The van der Waals surface area contributed by atoms with Crippen LogP contribution in [-0.2, 0) is 4.79 Å². The Morgan fingerprint density at radius 1 is 1.00 bits per heavy atom. The number of carbonyl (C=O) groups excluding carboxylic acids is 1. The summed E-state index contributed by atoms with van der Waals surface area (Å²) in [5, 5.41) is 3.70. The molecular formula is C20H22ClNO. The number of amides is 1. The van der Waals surface area contributed by atoms with Crippen LogP contribution in [0.2, 0.25) is 5.02 Å². The highest BCUT2D eigenvalue weighted by Gasteiger charge is 2.16. The molecule has 0 bridgehead atoms. The summed E-state index contributed by atoms with van der Waals surface area (Å²) in [5.41, 5.74) is 2.33. The van der Waals surface area contributed by atoms with E-state index in [1.807, 2.05) is 67.6 Å². The Morgan fingerprint density at radius 3 is 2.22 bits per heavy atom. The van der Waals surface area contributed by atoms with E-state index in [1.165, 1.54) is 0 Å². The summed E-state index contributed by atoms with van der Waals surface area (Å²) < 4.78 is 0. The molecule has 0 aliphatic carbocycles. The molecule has 2 aromatic carbocycles. The van der Waals surface area contributed by atoms with Crippen molar-refractivity contribution in [1.82, 2.24) is 5.32 Å². The fourth-order valence-corrected chi connectivity index (χ4v) is 2.29. The van der Waals surface area contributed by atoms with Gasteiger partial charge in [0, 0.05) is 16.6 Å². The number of hydrogen-bond acceptors (Lipinski definition) is 1. The highest BCUT2D eigenvalue weighted by molar-refractivity contribution is 6.33. The van der Waals surface area contributed by atoms with Crippen molar-refractivity contribution in [2.75, 3.05) is 0 Å². The Balaban J connectivity index is 2.41. The van der Waals surface area contributed by atoms with Gasteiger partial charge in [-0.1, -0.05) is 74.0 Å². The lowest BCUT2D eigenvalue weighted by molar-refractivity contribution is -0.116. The Kier molecular flexibility index (Phi) is 6.00. The molecule has 0 unspecified atom stereocenters. The first-order valence-corrected chi connectivity index (χ1v) is 8.19. The van der Waals surface area contributed by atoms with Crippen molar-refractivity contribution >= 4 is 29.2 Å². The topological polar surface area (TPSA) is 29.1 Å². The van der Waals surface area contributed by atoms with Crippen LogP contribution in [0.15, 0.2) is 54.6 Å². The summed E-state index contributed by atoms with van der Waals surface area (Å²) >= 11 is 6.24. The fourth-order valence-electron chi connectivity index (χ4n) is 2.10. The fraction of sp³-hybridized carbons (Fsp3) is 0.250. The van der Waals surface area contributed by atoms with Gasteiger partial charge in [-0.15, -0.1) is 0 Å². The van der Waals surface area contributed by atoms with Gasteiger partial charge >= 0.3 is 0 Å². The molecule has 3 heteroatoms. The van der Waals surface area contributed by atoms with Crippen molar-refractivity contribution in [2.24, 2.45) is 5.92 Å². The summed E-state index contributed by atoms with van der Waals surface area (Å²) in [6.07, 6.45) is 1.85. The van der Waals surface area contributed by atoms with Crippen LogP contribution in [0.3, 0.4) is 0 Å². The van der Waals surface area contributed by atoms with Gasteiger partial charge < -0.3 is 5.32 Å². The third-order valence-electron chi connectivity index (χ3n) is 3.89. The summed E-state index contributed by atoms with van der Waals surface area (Å²) in [7, 11) is 0. The Bertz CT molecular complexity index is 692. The van der Waals surface area contributed by atoms with Gasteiger partial charge in [0.25, 0.3) is 5.91 Å². The quantitative estimate of drug-likeness (QED) is 0.605. The SMILES string of the molecule is CC(C)[C@@H](C)NC(=O)/C(=C/c1ccccc1Cl)c1ccccc1. The minimum atomic E-state index is -0.0858. The van der Waals surface area contributed by atoms with Gasteiger partial charge in [-0.05, 0) is 36.1 Å². The summed E-state index contributed by atoms with van der Waals surface area (Å²) in [6.45, 7) is 6.19. The van der Waals surface area contributed by atoms with Gasteiger partial charge in [0.2, 0.25) is 0 Å². The van der Waals surface area contributed by atoms with Crippen LogP contribution in [-0.4, -0.2) is 11.9 Å². The van der Waals surface area contributed by atoms with Gasteiger partial charge in [0.15, 0.2) is 0 Å². The minimum Gasteiger partial charge on any atom is -0.349 e. The van der Waals surface area contributed by atoms with E-state index in [2.05, 4.69) is 19.2 Å². The van der Waals surface area contributed by atoms with Crippen LogP contribution in [0.4, 0.5) is 0 Å². The number of carbonyl (C=O) groups is 1. The van der Waals surface area contributed by atoms with E-state index in [0.717, 1.165) is 11.1 Å². The molecule has 0 aromatic heterocycles. The van der Waals surface area contributed by atoms with E-state index < -0.39 is 0 Å². The summed E-state index contributed by atoms with van der Waals surface area (Å²) in [6, 6.07) is 17.3. The van der Waals surface area contributed by atoms with Crippen molar-refractivity contribution in [3.8, 4) is 0 Å². The van der Waals surface area contributed by atoms with Crippen molar-refractivity contribution in [2.45, 2.75) is 26.8 Å². The smallest absolute Gasteiger partial charge is 0.252 e. The molecule has 0 fully saturated rings. The standard InChI is InChI=1S/C20H22ClNO/c1-14(2)15(3)22-20(23)18(16-9-5-4-6-10-16)13-17-11-7-8-12-19(17)21/h4-15H,1-3H3,(H,22,23)/b18-13+/t15-/m1/s1. The first-order valence-electron chi connectivity index (χ1n) is 7.81. The molecule has 0 aliphatic heterocycles. The molecule has 23 heavy (non-hydrogen) atoms. The number of hydrogen-bond donors (Lipinski definition) is 1. The van der Waals surface area contributed by atoms with E-state index in [-0.39, 0.29) is 11.9 Å². The van der Waals surface area contributed by atoms with E-state index in [1.54, 1.807) is 0 Å². The van der Waals surface area contributed by atoms with E-state index in [0.29, 0.717) is 16.5 Å². The number of rotatable bonds is 5. The maximum absolute atomic E-state index is 12.8. The van der Waals surface area contributed by atoms with Crippen molar-refractivity contribution in [3.63, 3.8) is 0 Å². The molecule has 1 amide bonds. The van der Waals surface area contributed by atoms with Crippen molar-refractivity contribution in [1.29, 1.82) is 0 Å². The van der Waals surface area contributed by atoms with Gasteiger partial charge in [-0.3, -0.25) is 4.79 Å². The first kappa shape index (κ1) is 17.3. The molecule has 2 rings (SSSR count). The van der Waals surface area contributed by atoms with Crippen LogP contribution in [0.5, 0.6) is 0 Å². The van der Waals surface area contributed by atoms with Gasteiger partial charge in [0.05, 0.1) is 0 Å². The lowest BCUT2D eigenvalue weighted by Gasteiger charge is -2.19. The molecule has 1 N–H and O–H groups in total. The van der Waals surface area contributed by atoms with E-state index in [4.69, 9.17) is 11.6 Å². The second kappa shape index (κ2) is 7.98. The zero-order valence-electron chi connectivity index (χ0n) is 13.7. The Morgan fingerprint density at radius 2 is 1.61 bits per heavy atom. The maximum Gasteiger partial charge on any atom is 0.252 e. The second-order valence-corrected chi connectivity index (χ2v) is 6.36. The third-order valence-corrected chi connectivity index (χ3v) is 4.24. The zero-order valence-corrected chi connectivity index (χ0v) is 14.5. The number of halogens is 1. The highest BCUT2D eigenvalue weighted by Crippen LogP contribution is 2.23. The molecule has 2 aromatic rings. The molecule has 0 saturated heterocycles. The average Bonchev–Trinajstić information content (AvgIpc) is 2.54. The van der Waals surface area contributed by atoms with Crippen LogP contribution in [0.25, 0.3) is 11.6 Å². The minimum absolute atomic E-state index is 0.0858. The first-order chi connectivity index (χ1) is 11.0. The molecule has 0 radical (unpaired) electrons. The number of benzene rings is 2. The van der Waals surface area contributed by atoms with E-state index >= 15 is 0 Å². The van der Waals surface area contributed by atoms with Crippen LogP contribution >= 0.6 is 11.6 Å². The van der Waals surface area contributed by atoms with Crippen LogP contribution < -0.4 is 5.32 Å². The largest absolute Gasteiger partial charge is 0.349 e. The molecule has 0 spiro atoms. The lowest BCUT2D eigenvalue weighted by Crippen LogP contribution is -2.36. The highest BCUT2D eigenvalue weighted by atomic mass is 35.5. The normalized spacial score (nSPS) is 13.0.